The molecule has 3 N–H and O–H groups in total. The Morgan fingerprint density at radius 3 is 2.41 bits per heavy atom. The molecule has 0 unspecified atom stereocenters. The summed E-state index contributed by atoms with van der Waals surface area (Å²) in [7, 11) is 1.86. The lowest BCUT2D eigenvalue weighted by Crippen LogP contribution is -2.45. The standard InChI is InChI=1S/C11H23N3O3/c1-9(2)14(8-5-10(15)16)11(17)13-7-4-6-12-3/h9,12H,4-8H2,1-3H3,(H,13,17)(H,15,16). The van der Waals surface area contributed by atoms with Crippen molar-refractivity contribution in [2.75, 3.05) is 26.7 Å². The molecular weight excluding hydrogens is 222 g/mol. The van der Waals surface area contributed by atoms with Gasteiger partial charge in [-0.3, -0.25) is 4.79 Å². The van der Waals surface area contributed by atoms with Crippen LogP contribution in [0.15, 0.2) is 0 Å². The van der Waals surface area contributed by atoms with Crippen LogP contribution in [0.1, 0.15) is 26.7 Å². The van der Waals surface area contributed by atoms with Gasteiger partial charge in [0.2, 0.25) is 0 Å². The summed E-state index contributed by atoms with van der Waals surface area (Å²) in [6, 6.07) is -0.198. The maximum Gasteiger partial charge on any atom is 0.317 e. The van der Waals surface area contributed by atoms with E-state index in [2.05, 4.69) is 10.6 Å². The lowest BCUT2D eigenvalue weighted by Gasteiger charge is -2.26. The Hall–Kier alpha value is -1.30. The lowest BCUT2D eigenvalue weighted by atomic mass is 10.3. The van der Waals surface area contributed by atoms with Gasteiger partial charge < -0.3 is 20.6 Å². The van der Waals surface area contributed by atoms with Crippen molar-refractivity contribution < 1.29 is 14.7 Å². The molecule has 0 aromatic rings. The monoisotopic (exact) mass is 245 g/mol. The smallest absolute Gasteiger partial charge is 0.317 e. The molecule has 0 aliphatic carbocycles. The van der Waals surface area contributed by atoms with Gasteiger partial charge in [-0.1, -0.05) is 0 Å². The SMILES string of the molecule is CNCCCNC(=O)N(CCC(=O)O)C(C)C. The first kappa shape index (κ1) is 15.7. The van der Waals surface area contributed by atoms with Gasteiger partial charge in [0.1, 0.15) is 0 Å². The zero-order valence-electron chi connectivity index (χ0n) is 10.8. The minimum Gasteiger partial charge on any atom is -0.481 e. The molecular formula is C11H23N3O3. The molecule has 17 heavy (non-hydrogen) atoms. The summed E-state index contributed by atoms with van der Waals surface area (Å²) >= 11 is 0. The maximum atomic E-state index is 11.8. The minimum atomic E-state index is -0.890. The molecule has 0 saturated carbocycles. The van der Waals surface area contributed by atoms with E-state index in [1.165, 1.54) is 4.90 Å². The summed E-state index contributed by atoms with van der Waals surface area (Å²) in [4.78, 5) is 23.8. The van der Waals surface area contributed by atoms with Crippen molar-refractivity contribution in [2.24, 2.45) is 0 Å². The average Bonchev–Trinajstić information content (AvgIpc) is 2.23. The number of carbonyl (C=O) groups is 2. The van der Waals surface area contributed by atoms with Gasteiger partial charge in [-0.15, -0.1) is 0 Å². The highest BCUT2D eigenvalue weighted by molar-refractivity contribution is 5.75. The number of rotatable bonds is 8. The molecule has 100 valence electrons. The first-order valence-corrected chi connectivity index (χ1v) is 5.90. The third-order valence-electron chi connectivity index (χ3n) is 2.33. The second kappa shape index (κ2) is 8.81. The van der Waals surface area contributed by atoms with Gasteiger partial charge in [0, 0.05) is 19.1 Å². The van der Waals surface area contributed by atoms with Crippen molar-refractivity contribution >= 4 is 12.0 Å². The number of urea groups is 1. The summed E-state index contributed by atoms with van der Waals surface area (Å²) < 4.78 is 0. The van der Waals surface area contributed by atoms with E-state index in [4.69, 9.17) is 5.11 Å². The van der Waals surface area contributed by atoms with Gasteiger partial charge in [-0.05, 0) is 33.9 Å². The Labute approximate surface area is 102 Å². The zero-order valence-corrected chi connectivity index (χ0v) is 10.8. The third kappa shape index (κ3) is 7.57. The lowest BCUT2D eigenvalue weighted by molar-refractivity contribution is -0.137. The number of nitrogens with one attached hydrogen (secondary N) is 2. The fourth-order valence-corrected chi connectivity index (χ4v) is 1.37. The average molecular weight is 245 g/mol. The van der Waals surface area contributed by atoms with E-state index in [9.17, 15) is 9.59 Å². The Balaban J connectivity index is 4.02. The second-order valence-corrected chi connectivity index (χ2v) is 4.12. The minimum absolute atomic E-state index is 0.00125. The fraction of sp³-hybridized carbons (Fsp3) is 0.818. The predicted octanol–water partition coefficient (Wildman–Crippen LogP) is 0.491. The van der Waals surface area contributed by atoms with Crippen molar-refractivity contribution in [1.82, 2.24) is 15.5 Å². The Morgan fingerprint density at radius 1 is 1.29 bits per heavy atom. The van der Waals surface area contributed by atoms with Gasteiger partial charge in [0.25, 0.3) is 0 Å². The summed E-state index contributed by atoms with van der Waals surface area (Å²) in [6.45, 7) is 5.42. The van der Waals surface area contributed by atoms with Crippen molar-refractivity contribution in [2.45, 2.75) is 32.7 Å². The fourth-order valence-electron chi connectivity index (χ4n) is 1.37. The van der Waals surface area contributed by atoms with Gasteiger partial charge in [0.15, 0.2) is 0 Å². The molecule has 0 fully saturated rings. The number of nitrogens with zero attached hydrogens (tertiary/aromatic N) is 1. The van der Waals surface area contributed by atoms with E-state index < -0.39 is 5.97 Å². The summed E-state index contributed by atoms with van der Waals surface area (Å²) in [5.74, 6) is -0.890. The van der Waals surface area contributed by atoms with Gasteiger partial charge >= 0.3 is 12.0 Å². The van der Waals surface area contributed by atoms with Crippen molar-refractivity contribution in [3.8, 4) is 0 Å². The third-order valence-corrected chi connectivity index (χ3v) is 2.33. The maximum absolute atomic E-state index is 11.8. The molecule has 0 saturated heterocycles. The quantitative estimate of drug-likeness (QED) is 0.544. The Kier molecular flexibility index (Phi) is 8.13. The molecule has 0 aliphatic rings. The molecule has 6 heteroatoms. The van der Waals surface area contributed by atoms with Crippen LogP contribution in [-0.2, 0) is 4.79 Å². The van der Waals surface area contributed by atoms with Crippen LogP contribution in [0.4, 0.5) is 4.79 Å². The second-order valence-electron chi connectivity index (χ2n) is 4.12. The van der Waals surface area contributed by atoms with Crippen LogP contribution < -0.4 is 10.6 Å². The number of carboxylic acid groups (broad SMARTS) is 1. The first-order valence-electron chi connectivity index (χ1n) is 5.90. The van der Waals surface area contributed by atoms with E-state index >= 15 is 0 Å². The van der Waals surface area contributed by atoms with Crippen LogP contribution in [0.5, 0.6) is 0 Å². The highest BCUT2D eigenvalue weighted by Gasteiger charge is 2.16. The molecule has 0 spiro atoms. The number of amides is 2. The van der Waals surface area contributed by atoms with Crippen LogP contribution in [0.25, 0.3) is 0 Å². The first-order chi connectivity index (χ1) is 7.99. The van der Waals surface area contributed by atoms with E-state index in [1.807, 2.05) is 20.9 Å². The topological polar surface area (TPSA) is 81.7 Å². The van der Waals surface area contributed by atoms with Crippen LogP contribution in [0.3, 0.4) is 0 Å². The van der Waals surface area contributed by atoms with Crippen LogP contribution in [0, 0.1) is 0 Å². The highest BCUT2D eigenvalue weighted by Crippen LogP contribution is 2.00. The van der Waals surface area contributed by atoms with E-state index in [-0.39, 0.29) is 25.0 Å². The molecule has 0 rings (SSSR count). The van der Waals surface area contributed by atoms with Crippen LogP contribution in [0.2, 0.25) is 0 Å². The van der Waals surface area contributed by atoms with Crippen LogP contribution in [-0.4, -0.2) is 54.7 Å². The Morgan fingerprint density at radius 2 is 1.94 bits per heavy atom. The molecule has 0 aromatic heterocycles. The van der Waals surface area contributed by atoms with E-state index in [1.54, 1.807) is 0 Å². The van der Waals surface area contributed by atoms with E-state index in [0.717, 1.165) is 13.0 Å². The zero-order chi connectivity index (χ0) is 13.3. The molecule has 0 aliphatic heterocycles. The number of hydrogen-bond donors (Lipinski definition) is 3. The normalized spacial score (nSPS) is 10.4. The van der Waals surface area contributed by atoms with Gasteiger partial charge in [-0.2, -0.15) is 0 Å². The van der Waals surface area contributed by atoms with E-state index in [0.29, 0.717) is 6.54 Å². The van der Waals surface area contributed by atoms with Crippen molar-refractivity contribution in [3.05, 3.63) is 0 Å². The number of aliphatic carboxylic acids is 1. The molecule has 2 amide bonds. The number of carboxylic acids is 1. The highest BCUT2D eigenvalue weighted by atomic mass is 16.4. The van der Waals surface area contributed by atoms with Crippen molar-refractivity contribution in [3.63, 3.8) is 0 Å². The summed E-state index contributed by atoms with van der Waals surface area (Å²) in [6.07, 6.45) is 0.829. The molecule has 6 nitrogen and oxygen atoms in total. The predicted molar refractivity (Wildman–Crippen MR) is 66.0 cm³/mol. The Bertz CT molecular complexity index is 244. The van der Waals surface area contributed by atoms with Gasteiger partial charge in [-0.25, -0.2) is 4.79 Å². The molecule has 0 heterocycles. The largest absolute Gasteiger partial charge is 0.481 e. The summed E-state index contributed by atoms with van der Waals surface area (Å²) in [5.41, 5.74) is 0. The molecule has 0 radical (unpaired) electrons. The van der Waals surface area contributed by atoms with Crippen molar-refractivity contribution in [1.29, 1.82) is 0 Å². The van der Waals surface area contributed by atoms with Crippen LogP contribution >= 0.6 is 0 Å². The number of carbonyl (C=O) groups excluding carboxylic acids is 1. The molecule has 0 atom stereocenters. The number of hydrogen-bond acceptors (Lipinski definition) is 3. The molecule has 0 aromatic carbocycles. The molecule has 0 bridgehead atoms. The van der Waals surface area contributed by atoms with Gasteiger partial charge in [0.05, 0.1) is 6.42 Å². The summed E-state index contributed by atoms with van der Waals surface area (Å²) in [5, 5.41) is 14.4.